The molecular weight excluding hydrogens is 268 g/mol. The van der Waals surface area contributed by atoms with Crippen LogP contribution >= 0.6 is 0 Å². The van der Waals surface area contributed by atoms with Gasteiger partial charge < -0.3 is 15.7 Å². The number of aromatic nitrogens is 2. The van der Waals surface area contributed by atoms with Crippen LogP contribution < -0.4 is 5.73 Å². The maximum atomic E-state index is 12.7. The second-order valence-corrected chi connectivity index (χ2v) is 6.52. The maximum Gasteiger partial charge on any atom is 0.274 e. The predicted octanol–water partition coefficient (Wildman–Crippen LogP) is 1.08. The van der Waals surface area contributed by atoms with Gasteiger partial charge in [0.2, 0.25) is 0 Å². The van der Waals surface area contributed by atoms with Crippen molar-refractivity contribution < 1.29 is 9.90 Å². The molecule has 3 rings (SSSR count). The number of likely N-dealkylation sites (tertiary alicyclic amines) is 1. The van der Waals surface area contributed by atoms with Crippen LogP contribution in [0.1, 0.15) is 48.3 Å². The molecule has 2 heterocycles. The van der Waals surface area contributed by atoms with Gasteiger partial charge in [-0.1, -0.05) is 12.8 Å². The first kappa shape index (κ1) is 14.4. The minimum Gasteiger partial charge on any atom is -0.395 e. The van der Waals surface area contributed by atoms with Crippen molar-refractivity contribution in [3.63, 3.8) is 0 Å². The standard InChI is InChI=1S/C15H24N4O2/c1-10-12(16)13(18(2)17-10)14(20)19-8-7-15(21)6-4-3-5-11(15)9-19/h11,21H,3-9,16H2,1-2H3. The fraction of sp³-hybridized carbons (Fsp3) is 0.733. The van der Waals surface area contributed by atoms with Gasteiger partial charge in [0.05, 0.1) is 17.0 Å². The van der Waals surface area contributed by atoms with E-state index in [0.717, 1.165) is 25.7 Å². The lowest BCUT2D eigenvalue weighted by Gasteiger charge is -2.47. The Hall–Kier alpha value is -1.56. The third-order valence-electron chi connectivity index (χ3n) is 5.19. The fourth-order valence-electron chi connectivity index (χ4n) is 3.83. The lowest BCUT2D eigenvalue weighted by atomic mass is 9.71. The molecule has 6 heteroatoms. The largest absolute Gasteiger partial charge is 0.395 e. The van der Waals surface area contributed by atoms with Crippen molar-refractivity contribution in [2.45, 2.75) is 44.6 Å². The average molecular weight is 292 g/mol. The Morgan fingerprint density at radius 2 is 2.19 bits per heavy atom. The Labute approximate surface area is 124 Å². The summed E-state index contributed by atoms with van der Waals surface area (Å²) in [5.41, 5.74) is 7.04. The summed E-state index contributed by atoms with van der Waals surface area (Å²) in [4.78, 5) is 14.6. The molecule has 2 unspecified atom stereocenters. The van der Waals surface area contributed by atoms with Crippen LogP contribution in [0.4, 0.5) is 5.69 Å². The number of anilines is 1. The van der Waals surface area contributed by atoms with Crippen molar-refractivity contribution in [1.82, 2.24) is 14.7 Å². The second kappa shape index (κ2) is 5.02. The summed E-state index contributed by atoms with van der Waals surface area (Å²) in [5.74, 6) is 0.128. The van der Waals surface area contributed by atoms with Gasteiger partial charge in [-0.3, -0.25) is 9.48 Å². The molecule has 0 spiro atoms. The third-order valence-corrected chi connectivity index (χ3v) is 5.19. The first-order chi connectivity index (χ1) is 9.92. The van der Waals surface area contributed by atoms with Gasteiger partial charge in [-0.2, -0.15) is 5.10 Å². The Kier molecular flexibility index (Phi) is 3.43. The van der Waals surface area contributed by atoms with E-state index in [4.69, 9.17) is 5.73 Å². The molecule has 2 aliphatic rings. The topological polar surface area (TPSA) is 84.4 Å². The number of hydrogen-bond acceptors (Lipinski definition) is 4. The number of nitrogen functional groups attached to an aromatic ring is 1. The Balaban J connectivity index is 1.80. The monoisotopic (exact) mass is 292 g/mol. The smallest absolute Gasteiger partial charge is 0.274 e. The number of nitrogens with zero attached hydrogens (tertiary/aromatic N) is 3. The highest BCUT2D eigenvalue weighted by Crippen LogP contribution is 2.40. The van der Waals surface area contributed by atoms with Crippen LogP contribution in [0.25, 0.3) is 0 Å². The lowest BCUT2D eigenvalue weighted by molar-refractivity contribution is -0.0887. The highest BCUT2D eigenvalue weighted by Gasteiger charge is 2.44. The Bertz CT molecular complexity index is 568. The van der Waals surface area contributed by atoms with E-state index in [-0.39, 0.29) is 11.8 Å². The number of nitrogens with two attached hydrogens (primary N) is 1. The molecule has 21 heavy (non-hydrogen) atoms. The van der Waals surface area contributed by atoms with E-state index in [0.29, 0.717) is 36.6 Å². The van der Waals surface area contributed by atoms with Gasteiger partial charge in [-0.15, -0.1) is 0 Å². The number of aliphatic hydroxyl groups is 1. The zero-order valence-electron chi connectivity index (χ0n) is 12.8. The molecule has 1 amide bonds. The molecule has 1 saturated carbocycles. The van der Waals surface area contributed by atoms with E-state index >= 15 is 0 Å². The summed E-state index contributed by atoms with van der Waals surface area (Å²) in [6, 6.07) is 0. The van der Waals surface area contributed by atoms with Crippen molar-refractivity contribution >= 4 is 11.6 Å². The van der Waals surface area contributed by atoms with Crippen molar-refractivity contribution in [1.29, 1.82) is 0 Å². The summed E-state index contributed by atoms with van der Waals surface area (Å²) >= 11 is 0. The molecule has 2 fully saturated rings. The molecule has 0 aromatic carbocycles. The first-order valence-corrected chi connectivity index (χ1v) is 7.73. The molecule has 0 radical (unpaired) electrons. The molecule has 3 N–H and O–H groups in total. The average Bonchev–Trinajstić information content (AvgIpc) is 2.70. The van der Waals surface area contributed by atoms with Crippen LogP contribution in [-0.2, 0) is 7.05 Å². The first-order valence-electron chi connectivity index (χ1n) is 7.73. The van der Waals surface area contributed by atoms with Crippen molar-refractivity contribution in [3.05, 3.63) is 11.4 Å². The van der Waals surface area contributed by atoms with E-state index in [1.807, 2.05) is 11.8 Å². The number of amides is 1. The van der Waals surface area contributed by atoms with Crippen molar-refractivity contribution in [2.24, 2.45) is 13.0 Å². The van der Waals surface area contributed by atoms with E-state index in [1.54, 1.807) is 11.7 Å². The van der Waals surface area contributed by atoms with Gasteiger partial charge in [-0.05, 0) is 26.2 Å². The summed E-state index contributed by atoms with van der Waals surface area (Å²) in [5, 5.41) is 14.9. The zero-order chi connectivity index (χ0) is 15.2. The number of rotatable bonds is 1. The van der Waals surface area contributed by atoms with E-state index in [1.165, 1.54) is 0 Å². The Morgan fingerprint density at radius 1 is 1.43 bits per heavy atom. The van der Waals surface area contributed by atoms with E-state index in [9.17, 15) is 9.90 Å². The minimum atomic E-state index is -0.567. The van der Waals surface area contributed by atoms with Crippen molar-refractivity contribution in [2.75, 3.05) is 18.8 Å². The van der Waals surface area contributed by atoms with E-state index < -0.39 is 5.60 Å². The van der Waals surface area contributed by atoms with Crippen LogP contribution in [-0.4, -0.2) is 44.4 Å². The molecular formula is C15H24N4O2. The van der Waals surface area contributed by atoms with Crippen LogP contribution in [0.15, 0.2) is 0 Å². The van der Waals surface area contributed by atoms with Crippen LogP contribution in [0.5, 0.6) is 0 Å². The second-order valence-electron chi connectivity index (χ2n) is 6.52. The molecule has 6 nitrogen and oxygen atoms in total. The molecule has 2 atom stereocenters. The number of aryl methyl sites for hydroxylation is 2. The number of piperidine rings is 1. The SMILES string of the molecule is Cc1nn(C)c(C(=O)N2CCC3(O)CCCCC3C2)c1N. The molecule has 1 aliphatic heterocycles. The van der Waals surface area contributed by atoms with Crippen LogP contribution in [0.3, 0.4) is 0 Å². The highest BCUT2D eigenvalue weighted by molar-refractivity contribution is 5.98. The van der Waals surface area contributed by atoms with Gasteiger partial charge in [0, 0.05) is 26.1 Å². The lowest BCUT2D eigenvalue weighted by Crippen LogP contribution is -2.54. The summed E-state index contributed by atoms with van der Waals surface area (Å²) in [6.45, 7) is 3.02. The number of carbonyl (C=O) groups is 1. The predicted molar refractivity (Wildman–Crippen MR) is 79.8 cm³/mol. The van der Waals surface area contributed by atoms with Gasteiger partial charge in [0.1, 0.15) is 5.69 Å². The molecule has 116 valence electrons. The summed E-state index contributed by atoms with van der Waals surface area (Å²) in [7, 11) is 1.75. The summed E-state index contributed by atoms with van der Waals surface area (Å²) < 4.78 is 1.56. The number of fused-ring (bicyclic) bond motifs is 1. The normalized spacial score (nSPS) is 29.3. The van der Waals surface area contributed by atoms with Gasteiger partial charge >= 0.3 is 0 Å². The third kappa shape index (κ3) is 2.31. The fourth-order valence-corrected chi connectivity index (χ4v) is 3.83. The molecule has 1 aromatic heterocycles. The maximum absolute atomic E-state index is 12.7. The minimum absolute atomic E-state index is 0.0665. The van der Waals surface area contributed by atoms with Gasteiger partial charge in [-0.25, -0.2) is 0 Å². The molecule has 0 bridgehead atoms. The molecule has 1 aromatic rings. The number of hydrogen-bond donors (Lipinski definition) is 2. The van der Waals surface area contributed by atoms with Gasteiger partial charge in [0.15, 0.2) is 0 Å². The van der Waals surface area contributed by atoms with Crippen molar-refractivity contribution in [3.8, 4) is 0 Å². The zero-order valence-corrected chi connectivity index (χ0v) is 12.8. The number of carbonyl (C=O) groups excluding carboxylic acids is 1. The van der Waals surface area contributed by atoms with E-state index in [2.05, 4.69) is 5.10 Å². The highest BCUT2D eigenvalue weighted by atomic mass is 16.3. The summed E-state index contributed by atoms with van der Waals surface area (Å²) in [6.07, 6.45) is 4.77. The Morgan fingerprint density at radius 3 is 2.86 bits per heavy atom. The molecule has 1 saturated heterocycles. The molecule has 1 aliphatic carbocycles. The van der Waals surface area contributed by atoms with Crippen LogP contribution in [0, 0.1) is 12.8 Å². The van der Waals surface area contributed by atoms with Gasteiger partial charge in [0.25, 0.3) is 5.91 Å². The quantitative estimate of drug-likeness (QED) is 0.811. The van der Waals surface area contributed by atoms with Crippen LogP contribution in [0.2, 0.25) is 0 Å².